The van der Waals surface area contributed by atoms with Crippen LogP contribution in [0.5, 0.6) is 0 Å². The number of hydrogen-bond donors (Lipinski definition) is 1. The van der Waals surface area contributed by atoms with E-state index in [4.69, 9.17) is 4.74 Å². The van der Waals surface area contributed by atoms with Crippen molar-refractivity contribution in [2.75, 3.05) is 19.8 Å². The highest BCUT2D eigenvalue weighted by Gasteiger charge is 2.26. The zero-order chi connectivity index (χ0) is 16.9. The maximum Gasteiger partial charge on any atom is 0.324 e. The number of aliphatic hydroxyl groups excluding tert-OH is 1. The van der Waals surface area contributed by atoms with Crippen LogP contribution in [0.15, 0.2) is 41.8 Å². The largest absolute Gasteiger partial charge is 0.388 e. The SMILES string of the molecule is O=[N+]([O-])c1cc(CN2CCOCC2CC(O)c2ccccc2)cs1. The molecule has 2 aromatic rings. The molecule has 24 heavy (non-hydrogen) atoms. The van der Waals surface area contributed by atoms with E-state index in [0.717, 1.165) is 29.0 Å². The Kier molecular flexibility index (Phi) is 5.57. The van der Waals surface area contributed by atoms with E-state index >= 15 is 0 Å². The molecule has 2 atom stereocenters. The highest BCUT2D eigenvalue weighted by atomic mass is 32.1. The van der Waals surface area contributed by atoms with Crippen molar-refractivity contribution in [3.8, 4) is 0 Å². The summed E-state index contributed by atoms with van der Waals surface area (Å²) in [4.78, 5) is 12.7. The van der Waals surface area contributed by atoms with Crippen molar-refractivity contribution in [1.82, 2.24) is 4.90 Å². The molecule has 6 nitrogen and oxygen atoms in total. The molecule has 1 aromatic heterocycles. The van der Waals surface area contributed by atoms with E-state index in [1.807, 2.05) is 35.7 Å². The highest BCUT2D eigenvalue weighted by molar-refractivity contribution is 7.13. The van der Waals surface area contributed by atoms with Crippen LogP contribution in [-0.4, -0.2) is 40.7 Å². The van der Waals surface area contributed by atoms with Gasteiger partial charge in [-0.15, -0.1) is 0 Å². The van der Waals surface area contributed by atoms with E-state index in [2.05, 4.69) is 4.90 Å². The Morgan fingerprint density at radius 1 is 1.42 bits per heavy atom. The monoisotopic (exact) mass is 348 g/mol. The van der Waals surface area contributed by atoms with Gasteiger partial charge in [-0.2, -0.15) is 0 Å². The molecule has 0 saturated carbocycles. The van der Waals surface area contributed by atoms with Crippen LogP contribution in [0.25, 0.3) is 0 Å². The van der Waals surface area contributed by atoms with Crippen molar-refractivity contribution in [3.05, 3.63) is 63.0 Å². The summed E-state index contributed by atoms with van der Waals surface area (Å²) < 4.78 is 5.57. The zero-order valence-corrected chi connectivity index (χ0v) is 14.0. The lowest BCUT2D eigenvalue weighted by atomic mass is 10.0. The minimum atomic E-state index is -0.544. The van der Waals surface area contributed by atoms with Crippen LogP contribution in [0.4, 0.5) is 5.00 Å². The van der Waals surface area contributed by atoms with Crippen LogP contribution < -0.4 is 0 Å². The van der Waals surface area contributed by atoms with Gasteiger partial charge in [-0.1, -0.05) is 41.7 Å². The number of ether oxygens (including phenoxy) is 1. The Labute approximate surface area is 144 Å². The van der Waals surface area contributed by atoms with Crippen LogP contribution in [0, 0.1) is 10.1 Å². The summed E-state index contributed by atoms with van der Waals surface area (Å²) >= 11 is 1.15. The standard InChI is InChI=1S/C17H20N2O4S/c20-16(14-4-2-1-3-5-14)9-15-11-23-7-6-18(15)10-13-8-17(19(21)22)24-12-13/h1-5,8,12,15-16,20H,6-7,9-11H2. The third-order valence-corrected chi connectivity index (χ3v) is 5.16. The molecule has 0 amide bonds. The minimum absolute atomic E-state index is 0.0907. The second kappa shape index (κ2) is 7.85. The summed E-state index contributed by atoms with van der Waals surface area (Å²) in [6.07, 6.45) is 0.0354. The van der Waals surface area contributed by atoms with Crippen molar-refractivity contribution in [3.63, 3.8) is 0 Å². The first-order chi connectivity index (χ1) is 11.6. The number of nitrogens with zero attached hydrogens (tertiary/aromatic N) is 2. The summed E-state index contributed by atoms with van der Waals surface area (Å²) in [7, 11) is 0. The van der Waals surface area contributed by atoms with Crippen molar-refractivity contribution in [1.29, 1.82) is 0 Å². The van der Waals surface area contributed by atoms with E-state index in [9.17, 15) is 15.2 Å². The maximum absolute atomic E-state index is 10.8. The summed E-state index contributed by atoms with van der Waals surface area (Å²) in [5.41, 5.74) is 1.84. The summed E-state index contributed by atoms with van der Waals surface area (Å²) in [5.74, 6) is 0. The van der Waals surface area contributed by atoms with Crippen LogP contribution >= 0.6 is 11.3 Å². The lowest BCUT2D eigenvalue weighted by molar-refractivity contribution is -0.380. The van der Waals surface area contributed by atoms with Gasteiger partial charge < -0.3 is 9.84 Å². The molecule has 1 aromatic carbocycles. The number of aliphatic hydroxyl groups is 1. The fourth-order valence-corrected chi connectivity index (χ4v) is 3.68. The van der Waals surface area contributed by atoms with E-state index in [0.29, 0.717) is 26.2 Å². The molecular formula is C17H20N2O4S. The molecular weight excluding hydrogens is 328 g/mol. The average Bonchev–Trinajstić information content (AvgIpc) is 3.06. The van der Waals surface area contributed by atoms with Crippen LogP contribution in [0.2, 0.25) is 0 Å². The molecule has 0 aliphatic carbocycles. The highest BCUT2D eigenvalue weighted by Crippen LogP contribution is 2.27. The summed E-state index contributed by atoms with van der Waals surface area (Å²) in [5, 5.41) is 23.3. The molecule has 1 aliphatic heterocycles. The van der Waals surface area contributed by atoms with Crippen molar-refractivity contribution < 1.29 is 14.8 Å². The topological polar surface area (TPSA) is 75.8 Å². The van der Waals surface area contributed by atoms with Crippen molar-refractivity contribution in [2.24, 2.45) is 0 Å². The number of benzene rings is 1. The van der Waals surface area contributed by atoms with E-state index in [-0.39, 0.29) is 16.0 Å². The number of hydrogen-bond acceptors (Lipinski definition) is 6. The molecule has 1 aliphatic rings. The Morgan fingerprint density at radius 3 is 2.92 bits per heavy atom. The fourth-order valence-electron chi connectivity index (χ4n) is 2.96. The van der Waals surface area contributed by atoms with E-state index in [1.165, 1.54) is 0 Å². The van der Waals surface area contributed by atoms with Gasteiger partial charge in [-0.25, -0.2) is 0 Å². The van der Waals surface area contributed by atoms with Gasteiger partial charge in [0, 0.05) is 30.6 Å². The van der Waals surface area contributed by atoms with Crippen LogP contribution in [-0.2, 0) is 11.3 Å². The fraction of sp³-hybridized carbons (Fsp3) is 0.412. The van der Waals surface area contributed by atoms with Gasteiger partial charge >= 0.3 is 5.00 Å². The number of rotatable bonds is 6. The van der Waals surface area contributed by atoms with Gasteiger partial charge in [0.25, 0.3) is 0 Å². The summed E-state index contributed by atoms with van der Waals surface area (Å²) in [6.45, 7) is 2.61. The normalized spacial score (nSPS) is 20.0. The van der Waals surface area contributed by atoms with Gasteiger partial charge in [0.2, 0.25) is 0 Å². The molecule has 1 N–H and O–H groups in total. The number of nitro groups is 1. The Hall–Kier alpha value is -1.80. The maximum atomic E-state index is 10.8. The van der Waals surface area contributed by atoms with Crippen LogP contribution in [0.1, 0.15) is 23.7 Å². The molecule has 0 bridgehead atoms. The van der Waals surface area contributed by atoms with E-state index in [1.54, 1.807) is 6.07 Å². The van der Waals surface area contributed by atoms with Gasteiger partial charge in [0.05, 0.1) is 24.2 Å². The van der Waals surface area contributed by atoms with Gasteiger partial charge in [0.15, 0.2) is 0 Å². The lowest BCUT2D eigenvalue weighted by Crippen LogP contribution is -2.45. The molecule has 1 fully saturated rings. The van der Waals surface area contributed by atoms with Crippen LogP contribution in [0.3, 0.4) is 0 Å². The predicted molar refractivity (Wildman–Crippen MR) is 92.0 cm³/mol. The van der Waals surface area contributed by atoms with Gasteiger partial charge in [0.1, 0.15) is 0 Å². The molecule has 2 unspecified atom stereocenters. The second-order valence-corrected chi connectivity index (χ2v) is 6.80. The molecule has 0 radical (unpaired) electrons. The molecule has 7 heteroatoms. The third-order valence-electron chi connectivity index (χ3n) is 4.23. The number of thiophene rings is 1. The Bertz CT molecular complexity index is 676. The van der Waals surface area contributed by atoms with E-state index < -0.39 is 6.10 Å². The Morgan fingerprint density at radius 2 is 2.21 bits per heavy atom. The van der Waals surface area contributed by atoms with Crippen molar-refractivity contribution in [2.45, 2.75) is 25.1 Å². The first-order valence-corrected chi connectivity index (χ1v) is 8.78. The molecule has 1 saturated heterocycles. The molecule has 3 rings (SSSR count). The first-order valence-electron chi connectivity index (χ1n) is 7.90. The average molecular weight is 348 g/mol. The predicted octanol–water partition coefficient (Wildman–Crippen LogP) is 2.98. The number of morpholine rings is 1. The quantitative estimate of drug-likeness (QED) is 0.641. The molecule has 0 spiro atoms. The first kappa shape index (κ1) is 17.0. The lowest BCUT2D eigenvalue weighted by Gasteiger charge is -2.36. The molecule has 2 heterocycles. The third kappa shape index (κ3) is 4.18. The minimum Gasteiger partial charge on any atom is -0.388 e. The van der Waals surface area contributed by atoms with Crippen molar-refractivity contribution >= 4 is 16.3 Å². The van der Waals surface area contributed by atoms with Gasteiger partial charge in [-0.3, -0.25) is 15.0 Å². The second-order valence-electron chi connectivity index (χ2n) is 5.91. The molecule has 128 valence electrons. The Balaban J connectivity index is 1.65. The summed E-state index contributed by atoms with van der Waals surface area (Å²) in [6, 6.07) is 11.3. The van der Waals surface area contributed by atoms with Gasteiger partial charge in [-0.05, 0) is 17.5 Å². The zero-order valence-electron chi connectivity index (χ0n) is 13.2. The smallest absolute Gasteiger partial charge is 0.324 e.